The van der Waals surface area contributed by atoms with Crippen molar-refractivity contribution < 1.29 is 14.6 Å². The average molecular weight is 268 g/mol. The number of ether oxygens (including phenoxy) is 1. The molecule has 0 spiro atoms. The van der Waals surface area contributed by atoms with E-state index >= 15 is 0 Å². The van der Waals surface area contributed by atoms with Crippen LogP contribution in [0.5, 0.6) is 11.6 Å². The van der Waals surface area contributed by atoms with Crippen LogP contribution in [0, 0.1) is 25.2 Å². The fraction of sp³-hybridized carbons (Fsp3) is 0.133. The first-order chi connectivity index (χ1) is 9.52. The summed E-state index contributed by atoms with van der Waals surface area (Å²) in [4.78, 5) is 15.3. The minimum absolute atomic E-state index is 0.0253. The maximum absolute atomic E-state index is 11.1. The molecule has 1 heterocycles. The first kappa shape index (κ1) is 13.6. The van der Waals surface area contributed by atoms with Gasteiger partial charge in [0.15, 0.2) is 0 Å². The molecule has 0 saturated heterocycles. The number of aromatic nitrogens is 1. The molecular weight excluding hydrogens is 256 g/mol. The average Bonchev–Trinajstić information content (AvgIpc) is 2.38. The number of carboxylic acids is 1. The van der Waals surface area contributed by atoms with Gasteiger partial charge in [0.2, 0.25) is 5.88 Å². The highest BCUT2D eigenvalue weighted by Crippen LogP contribution is 2.28. The van der Waals surface area contributed by atoms with E-state index in [9.17, 15) is 4.79 Å². The van der Waals surface area contributed by atoms with E-state index in [1.165, 1.54) is 12.1 Å². The molecule has 100 valence electrons. The van der Waals surface area contributed by atoms with Crippen molar-refractivity contribution in [3.8, 4) is 17.7 Å². The molecule has 2 aromatic rings. The van der Waals surface area contributed by atoms with Crippen LogP contribution in [-0.4, -0.2) is 16.1 Å². The van der Waals surface area contributed by atoms with Crippen molar-refractivity contribution in [1.29, 1.82) is 5.26 Å². The number of carbonyl (C=O) groups is 1. The van der Waals surface area contributed by atoms with Crippen LogP contribution in [0.3, 0.4) is 0 Å². The number of aromatic carboxylic acids is 1. The summed E-state index contributed by atoms with van der Waals surface area (Å²) in [6.07, 6.45) is 0. The third-order valence-corrected chi connectivity index (χ3v) is 2.75. The largest absolute Gasteiger partial charge is 0.478 e. The number of nitriles is 1. The monoisotopic (exact) mass is 268 g/mol. The first-order valence-electron chi connectivity index (χ1n) is 5.91. The number of hydrogen-bond donors (Lipinski definition) is 1. The van der Waals surface area contributed by atoms with Crippen molar-refractivity contribution in [1.82, 2.24) is 4.98 Å². The summed E-state index contributed by atoms with van der Waals surface area (Å²) in [7, 11) is 0. The molecule has 0 saturated carbocycles. The lowest BCUT2D eigenvalue weighted by molar-refractivity contribution is 0.0694. The number of para-hydroxylation sites is 1. The Hall–Kier alpha value is -2.87. The van der Waals surface area contributed by atoms with Crippen LogP contribution in [0.15, 0.2) is 30.3 Å². The lowest BCUT2D eigenvalue weighted by Crippen LogP contribution is -2.02. The Balaban J connectivity index is 2.51. The van der Waals surface area contributed by atoms with Crippen LogP contribution in [-0.2, 0) is 0 Å². The highest BCUT2D eigenvalue weighted by atomic mass is 16.5. The molecular formula is C15H12N2O3. The van der Waals surface area contributed by atoms with E-state index in [-0.39, 0.29) is 17.2 Å². The highest BCUT2D eigenvalue weighted by molar-refractivity contribution is 5.90. The van der Waals surface area contributed by atoms with Crippen molar-refractivity contribution in [2.24, 2.45) is 0 Å². The third-order valence-electron chi connectivity index (χ3n) is 2.75. The summed E-state index contributed by atoms with van der Waals surface area (Å²) >= 11 is 0. The lowest BCUT2D eigenvalue weighted by atomic mass is 10.1. The summed E-state index contributed by atoms with van der Waals surface area (Å²) < 4.78 is 5.54. The van der Waals surface area contributed by atoms with Crippen LogP contribution >= 0.6 is 0 Å². The Kier molecular flexibility index (Phi) is 3.67. The van der Waals surface area contributed by atoms with E-state index in [1.807, 2.05) is 6.07 Å². The summed E-state index contributed by atoms with van der Waals surface area (Å²) in [6, 6.07) is 10.0. The summed E-state index contributed by atoms with van der Waals surface area (Å²) in [5.74, 6) is -0.809. The molecule has 0 aliphatic carbocycles. The summed E-state index contributed by atoms with van der Waals surface area (Å²) in [5.41, 5.74) is 1.76. The minimum Gasteiger partial charge on any atom is -0.478 e. The third kappa shape index (κ3) is 2.59. The standard InChI is InChI=1S/C15H12N2O3/c1-9-7-10(2)17-14(12(9)8-16)20-13-6-4-3-5-11(13)15(18)19/h3-7H,1-2H3,(H,18,19). The van der Waals surface area contributed by atoms with Crippen molar-refractivity contribution in [2.75, 3.05) is 0 Å². The highest BCUT2D eigenvalue weighted by Gasteiger charge is 2.15. The number of aryl methyl sites for hydroxylation is 2. The number of pyridine rings is 1. The van der Waals surface area contributed by atoms with Gasteiger partial charge in [0.05, 0.1) is 0 Å². The summed E-state index contributed by atoms with van der Waals surface area (Å²) in [6.45, 7) is 3.56. The van der Waals surface area contributed by atoms with Crippen LogP contribution < -0.4 is 4.74 Å². The molecule has 1 N–H and O–H groups in total. The smallest absolute Gasteiger partial charge is 0.339 e. The fourth-order valence-corrected chi connectivity index (χ4v) is 1.85. The number of benzene rings is 1. The van der Waals surface area contributed by atoms with Gasteiger partial charge in [-0.25, -0.2) is 9.78 Å². The Morgan fingerprint density at radius 3 is 2.70 bits per heavy atom. The maximum Gasteiger partial charge on any atom is 0.339 e. The van der Waals surface area contributed by atoms with Crippen molar-refractivity contribution in [2.45, 2.75) is 13.8 Å². The predicted molar refractivity (Wildman–Crippen MR) is 71.9 cm³/mol. The van der Waals surface area contributed by atoms with Gasteiger partial charge in [-0.05, 0) is 37.6 Å². The van der Waals surface area contributed by atoms with E-state index < -0.39 is 5.97 Å². The van der Waals surface area contributed by atoms with Crippen LogP contribution in [0.2, 0.25) is 0 Å². The second kappa shape index (κ2) is 5.41. The zero-order valence-corrected chi connectivity index (χ0v) is 11.0. The number of carboxylic acid groups (broad SMARTS) is 1. The zero-order valence-electron chi connectivity index (χ0n) is 11.0. The second-order valence-corrected chi connectivity index (χ2v) is 4.28. The molecule has 20 heavy (non-hydrogen) atoms. The second-order valence-electron chi connectivity index (χ2n) is 4.28. The fourth-order valence-electron chi connectivity index (χ4n) is 1.85. The minimum atomic E-state index is -1.09. The Morgan fingerprint density at radius 2 is 2.05 bits per heavy atom. The quantitative estimate of drug-likeness (QED) is 0.924. The Labute approximate surface area is 116 Å². The van der Waals surface area contributed by atoms with E-state index in [0.29, 0.717) is 11.3 Å². The SMILES string of the molecule is Cc1cc(C)c(C#N)c(Oc2ccccc2C(=O)O)n1. The van der Waals surface area contributed by atoms with E-state index in [4.69, 9.17) is 15.1 Å². The zero-order chi connectivity index (χ0) is 14.7. The van der Waals surface area contributed by atoms with Gasteiger partial charge >= 0.3 is 5.97 Å². The Morgan fingerprint density at radius 1 is 1.35 bits per heavy atom. The lowest BCUT2D eigenvalue weighted by Gasteiger charge is -2.11. The molecule has 0 unspecified atom stereocenters. The van der Waals surface area contributed by atoms with Gasteiger partial charge in [-0.3, -0.25) is 0 Å². The maximum atomic E-state index is 11.1. The molecule has 0 amide bonds. The normalized spacial score (nSPS) is 9.85. The van der Waals surface area contributed by atoms with E-state index in [0.717, 1.165) is 5.56 Å². The first-order valence-corrected chi connectivity index (χ1v) is 5.91. The van der Waals surface area contributed by atoms with Crippen LogP contribution in [0.1, 0.15) is 27.2 Å². The Bertz CT molecular complexity index is 718. The van der Waals surface area contributed by atoms with Gasteiger partial charge in [0.25, 0.3) is 0 Å². The molecule has 5 heteroatoms. The molecule has 0 fully saturated rings. The number of nitrogens with zero attached hydrogens (tertiary/aromatic N) is 2. The molecule has 1 aromatic carbocycles. The topological polar surface area (TPSA) is 83.2 Å². The van der Waals surface area contributed by atoms with Gasteiger partial charge in [-0.2, -0.15) is 5.26 Å². The van der Waals surface area contributed by atoms with Gasteiger partial charge in [-0.1, -0.05) is 12.1 Å². The van der Waals surface area contributed by atoms with Gasteiger partial charge in [-0.15, -0.1) is 0 Å². The van der Waals surface area contributed by atoms with Crippen molar-refractivity contribution >= 4 is 5.97 Å². The number of rotatable bonds is 3. The molecule has 0 aliphatic rings. The van der Waals surface area contributed by atoms with Gasteiger partial charge < -0.3 is 9.84 Å². The molecule has 0 atom stereocenters. The molecule has 0 radical (unpaired) electrons. The van der Waals surface area contributed by atoms with E-state index in [2.05, 4.69) is 4.98 Å². The molecule has 2 rings (SSSR count). The predicted octanol–water partition coefficient (Wildman–Crippen LogP) is 3.06. The molecule has 1 aromatic heterocycles. The van der Waals surface area contributed by atoms with Crippen molar-refractivity contribution in [3.05, 3.63) is 52.7 Å². The molecule has 0 bridgehead atoms. The summed E-state index contributed by atoms with van der Waals surface area (Å²) in [5, 5.41) is 18.3. The van der Waals surface area contributed by atoms with E-state index in [1.54, 1.807) is 32.0 Å². The van der Waals surface area contributed by atoms with Crippen LogP contribution in [0.4, 0.5) is 0 Å². The number of hydrogen-bond acceptors (Lipinski definition) is 4. The van der Waals surface area contributed by atoms with Gasteiger partial charge in [0, 0.05) is 5.69 Å². The molecule has 0 aliphatic heterocycles. The van der Waals surface area contributed by atoms with Crippen LogP contribution in [0.25, 0.3) is 0 Å². The van der Waals surface area contributed by atoms with Gasteiger partial charge in [0.1, 0.15) is 22.9 Å². The molecule has 5 nitrogen and oxygen atoms in total. The van der Waals surface area contributed by atoms with Crippen molar-refractivity contribution in [3.63, 3.8) is 0 Å².